The van der Waals surface area contributed by atoms with Crippen molar-refractivity contribution < 1.29 is 17.6 Å². The molecule has 1 aliphatic heterocycles. The Labute approximate surface area is 212 Å². The molecule has 1 aliphatic rings. The highest BCUT2D eigenvalue weighted by atomic mass is 32.2. The van der Waals surface area contributed by atoms with Gasteiger partial charge in [0.2, 0.25) is 5.91 Å². The topological polar surface area (TPSA) is 92.3 Å². The van der Waals surface area contributed by atoms with Crippen LogP contribution < -0.4 is 9.62 Å². The van der Waals surface area contributed by atoms with Crippen LogP contribution in [-0.2, 0) is 21.4 Å². The highest BCUT2D eigenvalue weighted by molar-refractivity contribution is 7.99. The zero-order chi connectivity index (χ0) is 25.3. The van der Waals surface area contributed by atoms with Crippen LogP contribution in [0.1, 0.15) is 11.1 Å². The van der Waals surface area contributed by atoms with Crippen LogP contribution in [0.2, 0.25) is 0 Å². The number of fused-ring (bicyclic) bond motifs is 3. The first-order valence-corrected chi connectivity index (χ1v) is 13.5. The number of rotatable bonds is 6. The molecule has 10 heteroatoms. The summed E-state index contributed by atoms with van der Waals surface area (Å²) in [6.45, 7) is 2.15. The SMILES string of the molecule is Cc1ccc(CN2c3ccccc3-c3nc(SCC(=O)Nc4cccc(F)c4)ncc3S2(=O)=O)cc1. The minimum absolute atomic E-state index is 0.0156. The fourth-order valence-electron chi connectivity index (χ4n) is 3.87. The van der Waals surface area contributed by atoms with Gasteiger partial charge in [-0.3, -0.25) is 9.10 Å². The predicted molar refractivity (Wildman–Crippen MR) is 138 cm³/mol. The molecule has 0 atom stereocenters. The third-order valence-electron chi connectivity index (χ3n) is 5.62. The van der Waals surface area contributed by atoms with Crippen molar-refractivity contribution in [2.75, 3.05) is 15.4 Å². The first-order chi connectivity index (χ1) is 17.3. The number of anilines is 2. The van der Waals surface area contributed by atoms with Crippen molar-refractivity contribution in [1.29, 1.82) is 0 Å². The van der Waals surface area contributed by atoms with Gasteiger partial charge >= 0.3 is 0 Å². The maximum Gasteiger partial charge on any atom is 0.268 e. The lowest BCUT2D eigenvalue weighted by Crippen LogP contribution is -2.34. The average Bonchev–Trinajstić information content (AvgIpc) is 2.86. The van der Waals surface area contributed by atoms with Crippen molar-refractivity contribution in [1.82, 2.24) is 9.97 Å². The molecule has 2 heterocycles. The Morgan fingerprint density at radius 3 is 2.61 bits per heavy atom. The summed E-state index contributed by atoms with van der Waals surface area (Å²) in [5.41, 5.74) is 3.80. The van der Waals surface area contributed by atoms with Gasteiger partial charge in [-0.25, -0.2) is 22.8 Å². The van der Waals surface area contributed by atoms with Gasteiger partial charge in [-0.2, -0.15) is 0 Å². The molecule has 0 bridgehead atoms. The molecular formula is C26H21FN4O3S2. The Balaban J connectivity index is 1.41. The maximum atomic E-state index is 13.6. The van der Waals surface area contributed by atoms with Crippen LogP contribution in [0.3, 0.4) is 0 Å². The monoisotopic (exact) mass is 520 g/mol. The first-order valence-electron chi connectivity index (χ1n) is 11.0. The number of aromatic nitrogens is 2. The van der Waals surface area contributed by atoms with E-state index >= 15 is 0 Å². The molecule has 1 aromatic heterocycles. The first kappa shape index (κ1) is 24.0. The Bertz CT molecular complexity index is 1560. The number of carbonyl (C=O) groups excluding carboxylic acids is 1. The molecule has 36 heavy (non-hydrogen) atoms. The number of benzene rings is 3. The Hall–Kier alpha value is -3.76. The maximum absolute atomic E-state index is 13.6. The molecule has 1 N–H and O–H groups in total. The summed E-state index contributed by atoms with van der Waals surface area (Å²) < 4.78 is 41.9. The number of aryl methyl sites for hydroxylation is 1. The second kappa shape index (κ2) is 9.71. The Morgan fingerprint density at radius 1 is 1.06 bits per heavy atom. The lowest BCUT2D eigenvalue weighted by molar-refractivity contribution is -0.113. The third kappa shape index (κ3) is 4.82. The molecular weight excluding hydrogens is 499 g/mol. The van der Waals surface area contributed by atoms with Crippen LogP contribution in [0.4, 0.5) is 15.8 Å². The van der Waals surface area contributed by atoms with Crippen molar-refractivity contribution >= 4 is 39.1 Å². The summed E-state index contributed by atoms with van der Waals surface area (Å²) in [6.07, 6.45) is 1.29. The van der Waals surface area contributed by atoms with E-state index < -0.39 is 15.8 Å². The number of carbonyl (C=O) groups is 1. The van der Waals surface area contributed by atoms with Gasteiger partial charge < -0.3 is 5.32 Å². The Morgan fingerprint density at radius 2 is 1.83 bits per heavy atom. The van der Waals surface area contributed by atoms with Crippen molar-refractivity contribution in [3.05, 3.63) is 95.9 Å². The fourth-order valence-corrected chi connectivity index (χ4v) is 6.04. The molecule has 0 fully saturated rings. The molecule has 0 radical (unpaired) electrons. The molecule has 0 aliphatic carbocycles. The molecule has 0 unspecified atom stereocenters. The number of hydrogen-bond acceptors (Lipinski definition) is 6. The van der Waals surface area contributed by atoms with Crippen molar-refractivity contribution in [2.45, 2.75) is 23.5 Å². The second-order valence-electron chi connectivity index (χ2n) is 8.23. The zero-order valence-corrected chi connectivity index (χ0v) is 20.8. The van der Waals surface area contributed by atoms with E-state index in [0.717, 1.165) is 22.9 Å². The average molecular weight is 521 g/mol. The molecule has 4 aromatic rings. The number of sulfonamides is 1. The molecule has 0 spiro atoms. The minimum Gasteiger partial charge on any atom is -0.325 e. The smallest absolute Gasteiger partial charge is 0.268 e. The van der Waals surface area contributed by atoms with Gasteiger partial charge in [0, 0.05) is 11.3 Å². The van der Waals surface area contributed by atoms with Gasteiger partial charge in [0.1, 0.15) is 10.7 Å². The van der Waals surface area contributed by atoms with E-state index in [-0.39, 0.29) is 28.3 Å². The van der Waals surface area contributed by atoms with Crippen molar-refractivity contribution in [3.8, 4) is 11.3 Å². The van der Waals surface area contributed by atoms with Gasteiger partial charge in [-0.1, -0.05) is 65.9 Å². The van der Waals surface area contributed by atoms with E-state index in [0.29, 0.717) is 22.6 Å². The Kier molecular flexibility index (Phi) is 6.46. The number of hydrogen-bond donors (Lipinski definition) is 1. The van der Waals surface area contributed by atoms with Gasteiger partial charge in [0.15, 0.2) is 5.16 Å². The van der Waals surface area contributed by atoms with Crippen LogP contribution in [0.25, 0.3) is 11.3 Å². The summed E-state index contributed by atoms with van der Waals surface area (Å²) in [4.78, 5) is 21.0. The summed E-state index contributed by atoms with van der Waals surface area (Å²) in [5, 5.41) is 2.88. The number of nitrogens with zero attached hydrogens (tertiary/aromatic N) is 3. The van der Waals surface area contributed by atoms with E-state index in [1.807, 2.05) is 43.3 Å². The highest BCUT2D eigenvalue weighted by Gasteiger charge is 2.36. The van der Waals surface area contributed by atoms with Gasteiger partial charge in [-0.15, -0.1) is 0 Å². The molecule has 3 aromatic carbocycles. The lowest BCUT2D eigenvalue weighted by atomic mass is 10.1. The van der Waals surface area contributed by atoms with Crippen LogP contribution in [0.15, 0.2) is 89.0 Å². The van der Waals surface area contributed by atoms with Gasteiger partial charge in [0.25, 0.3) is 10.0 Å². The number of para-hydroxylation sites is 1. The summed E-state index contributed by atoms with van der Waals surface area (Å²) in [5.74, 6) is -0.831. The van der Waals surface area contributed by atoms with Crippen LogP contribution in [0, 0.1) is 12.7 Å². The molecule has 0 saturated carbocycles. The molecule has 182 valence electrons. The summed E-state index contributed by atoms with van der Waals surface area (Å²) >= 11 is 1.07. The molecule has 5 rings (SSSR count). The van der Waals surface area contributed by atoms with Crippen LogP contribution >= 0.6 is 11.8 Å². The second-order valence-corrected chi connectivity index (χ2v) is 11.0. The van der Waals surface area contributed by atoms with Gasteiger partial charge in [0.05, 0.1) is 29.9 Å². The summed E-state index contributed by atoms with van der Waals surface area (Å²) in [6, 6.07) is 20.5. The van der Waals surface area contributed by atoms with E-state index in [1.165, 1.54) is 28.7 Å². The van der Waals surface area contributed by atoms with Crippen LogP contribution in [-0.4, -0.2) is 30.0 Å². The minimum atomic E-state index is -3.91. The third-order valence-corrected chi connectivity index (χ3v) is 8.24. The van der Waals surface area contributed by atoms with Gasteiger partial charge in [-0.05, 0) is 36.8 Å². The standard InChI is InChI=1S/C26H21FN4O3S2/c1-17-9-11-18(12-10-17)15-31-22-8-3-2-7-21(22)25-23(36(31,33)34)14-28-26(30-25)35-16-24(32)29-20-6-4-5-19(27)13-20/h2-14H,15-16H2,1H3,(H,29,32). The largest absolute Gasteiger partial charge is 0.325 e. The van der Waals surface area contributed by atoms with Crippen molar-refractivity contribution in [3.63, 3.8) is 0 Å². The van der Waals surface area contributed by atoms with Crippen molar-refractivity contribution in [2.24, 2.45) is 0 Å². The highest BCUT2D eigenvalue weighted by Crippen LogP contribution is 2.42. The molecule has 1 amide bonds. The lowest BCUT2D eigenvalue weighted by Gasteiger charge is -2.31. The number of nitrogens with one attached hydrogen (secondary N) is 1. The number of halogens is 1. The fraction of sp³-hybridized carbons (Fsp3) is 0.115. The van der Waals surface area contributed by atoms with Crippen LogP contribution in [0.5, 0.6) is 0 Å². The van der Waals surface area contributed by atoms with E-state index in [2.05, 4.69) is 15.3 Å². The normalized spacial score (nSPS) is 13.6. The summed E-state index contributed by atoms with van der Waals surface area (Å²) in [7, 11) is -3.91. The predicted octanol–water partition coefficient (Wildman–Crippen LogP) is 5.03. The molecule has 0 saturated heterocycles. The quantitative estimate of drug-likeness (QED) is 0.283. The number of thioether (sulfide) groups is 1. The van der Waals surface area contributed by atoms with E-state index in [4.69, 9.17) is 0 Å². The number of amides is 1. The zero-order valence-electron chi connectivity index (χ0n) is 19.2. The van der Waals surface area contributed by atoms with E-state index in [1.54, 1.807) is 18.2 Å². The molecule has 7 nitrogen and oxygen atoms in total. The van der Waals surface area contributed by atoms with E-state index in [9.17, 15) is 17.6 Å².